The van der Waals surface area contributed by atoms with Gasteiger partial charge in [-0.2, -0.15) is 0 Å². The van der Waals surface area contributed by atoms with E-state index in [0.717, 1.165) is 35.2 Å². The molecule has 0 amide bonds. The largest absolute Gasteiger partial charge is 0.494 e. The normalized spacial score (nSPS) is 20.0. The Morgan fingerprint density at radius 3 is 2.73 bits per heavy atom. The van der Waals surface area contributed by atoms with Crippen LogP contribution in [0.15, 0.2) is 42.6 Å². The van der Waals surface area contributed by atoms with Crippen molar-refractivity contribution in [3.05, 3.63) is 64.3 Å². The number of aromatic amines is 1. The lowest BCUT2D eigenvalue weighted by Gasteiger charge is -2.33. The van der Waals surface area contributed by atoms with Crippen molar-refractivity contribution >= 4 is 22.5 Å². The van der Waals surface area contributed by atoms with Crippen molar-refractivity contribution in [2.75, 3.05) is 26.2 Å². The van der Waals surface area contributed by atoms with Crippen LogP contribution in [0, 0.1) is 5.92 Å². The van der Waals surface area contributed by atoms with E-state index < -0.39 is 0 Å². The van der Waals surface area contributed by atoms with Gasteiger partial charge in [-0.1, -0.05) is 30.7 Å². The lowest BCUT2D eigenvalue weighted by atomic mass is 9.88. The van der Waals surface area contributed by atoms with Crippen LogP contribution in [0.5, 0.6) is 5.75 Å². The van der Waals surface area contributed by atoms with E-state index in [1.807, 2.05) is 12.1 Å². The second kappa shape index (κ2) is 8.64. The van der Waals surface area contributed by atoms with Crippen LogP contribution in [-0.4, -0.2) is 36.1 Å². The highest BCUT2D eigenvalue weighted by molar-refractivity contribution is 6.31. The fraction of sp³-hybridized carbons (Fsp3) is 0.462. The van der Waals surface area contributed by atoms with Crippen LogP contribution in [0.25, 0.3) is 10.9 Å². The van der Waals surface area contributed by atoms with Crippen molar-refractivity contribution in [3.8, 4) is 5.75 Å². The molecule has 3 nitrogen and oxygen atoms in total. The van der Waals surface area contributed by atoms with Crippen molar-refractivity contribution in [2.45, 2.75) is 44.9 Å². The highest BCUT2D eigenvalue weighted by Crippen LogP contribution is 2.35. The Morgan fingerprint density at radius 2 is 1.90 bits per heavy atom. The van der Waals surface area contributed by atoms with Gasteiger partial charge in [0.1, 0.15) is 5.75 Å². The molecule has 0 spiro atoms. The zero-order valence-electron chi connectivity index (χ0n) is 17.8. The standard InChI is InChI=1S/C26H31ClN2O/c1-2-11-30-23-5-3-20-12-18(13-21(20)14-23)17-29-9-7-19(8-10-29)25-16-28-26-15-22(27)4-6-24(25)26/h3-6,14-16,18-19,28H,2,7-13,17H2,1H3. The number of H-pyrrole nitrogens is 1. The van der Waals surface area contributed by atoms with Crippen LogP contribution in [-0.2, 0) is 12.8 Å². The van der Waals surface area contributed by atoms with E-state index in [1.54, 1.807) is 0 Å². The molecule has 1 saturated heterocycles. The average Bonchev–Trinajstić information content (AvgIpc) is 3.35. The molecule has 30 heavy (non-hydrogen) atoms. The number of rotatable bonds is 6. The Bertz CT molecular complexity index is 1020. The zero-order valence-corrected chi connectivity index (χ0v) is 18.5. The second-order valence-electron chi connectivity index (χ2n) is 9.06. The number of nitrogens with zero attached hydrogens (tertiary/aromatic N) is 1. The molecule has 5 rings (SSSR count). The first-order valence-electron chi connectivity index (χ1n) is 11.4. The van der Waals surface area contributed by atoms with Gasteiger partial charge in [0.25, 0.3) is 0 Å². The van der Waals surface area contributed by atoms with Crippen molar-refractivity contribution < 1.29 is 4.74 Å². The quantitative estimate of drug-likeness (QED) is 0.511. The first-order chi connectivity index (χ1) is 14.7. The predicted molar refractivity (Wildman–Crippen MR) is 125 cm³/mol. The monoisotopic (exact) mass is 422 g/mol. The molecule has 2 aromatic carbocycles. The van der Waals surface area contributed by atoms with Crippen LogP contribution in [0.1, 0.15) is 48.8 Å². The van der Waals surface area contributed by atoms with E-state index in [9.17, 15) is 0 Å². The molecule has 4 heteroatoms. The van der Waals surface area contributed by atoms with Gasteiger partial charge >= 0.3 is 0 Å². The third kappa shape index (κ3) is 4.10. The minimum Gasteiger partial charge on any atom is -0.494 e. The summed E-state index contributed by atoms with van der Waals surface area (Å²) in [6.45, 7) is 6.57. The van der Waals surface area contributed by atoms with Gasteiger partial charge in [0.15, 0.2) is 0 Å². The number of hydrogen-bond acceptors (Lipinski definition) is 2. The van der Waals surface area contributed by atoms with Crippen molar-refractivity contribution in [2.24, 2.45) is 5.92 Å². The van der Waals surface area contributed by atoms with Gasteiger partial charge in [-0.15, -0.1) is 0 Å². The van der Waals surface area contributed by atoms with Gasteiger partial charge in [-0.3, -0.25) is 0 Å². The van der Waals surface area contributed by atoms with Crippen LogP contribution in [0.3, 0.4) is 0 Å². The molecule has 3 aromatic rings. The Morgan fingerprint density at radius 1 is 1.07 bits per heavy atom. The lowest BCUT2D eigenvalue weighted by Crippen LogP contribution is -2.36. The third-order valence-electron chi connectivity index (χ3n) is 6.89. The molecule has 1 aliphatic carbocycles. The molecular weight excluding hydrogens is 392 g/mol. The first kappa shape index (κ1) is 20.0. The van der Waals surface area contributed by atoms with Gasteiger partial charge < -0.3 is 14.6 Å². The maximum Gasteiger partial charge on any atom is 0.119 e. The molecular formula is C26H31ClN2O. The van der Waals surface area contributed by atoms with Gasteiger partial charge in [-0.25, -0.2) is 0 Å². The van der Waals surface area contributed by atoms with E-state index in [0.29, 0.717) is 5.92 Å². The summed E-state index contributed by atoms with van der Waals surface area (Å²) in [5.74, 6) is 2.43. The van der Waals surface area contributed by atoms with E-state index in [1.165, 1.54) is 67.4 Å². The molecule has 1 aromatic heterocycles. The van der Waals surface area contributed by atoms with Gasteiger partial charge in [-0.05, 0) is 98.0 Å². The fourth-order valence-electron chi connectivity index (χ4n) is 5.37. The van der Waals surface area contributed by atoms with Crippen molar-refractivity contribution in [1.82, 2.24) is 9.88 Å². The Labute approximate surface area is 184 Å². The Kier molecular flexibility index (Phi) is 5.75. The molecule has 1 unspecified atom stereocenters. The number of nitrogens with one attached hydrogen (secondary N) is 1. The number of benzene rings is 2. The van der Waals surface area contributed by atoms with Crippen LogP contribution in [0.4, 0.5) is 0 Å². The zero-order chi connectivity index (χ0) is 20.5. The lowest BCUT2D eigenvalue weighted by molar-refractivity contribution is 0.185. The summed E-state index contributed by atoms with van der Waals surface area (Å²) in [5, 5.41) is 2.14. The molecule has 0 bridgehead atoms. The topological polar surface area (TPSA) is 28.3 Å². The van der Waals surface area contributed by atoms with E-state index in [-0.39, 0.29) is 0 Å². The van der Waals surface area contributed by atoms with Gasteiger partial charge in [0.05, 0.1) is 6.61 Å². The molecule has 1 fully saturated rings. The Balaban J connectivity index is 1.16. The smallest absolute Gasteiger partial charge is 0.119 e. The fourth-order valence-corrected chi connectivity index (χ4v) is 5.55. The number of hydrogen-bond donors (Lipinski definition) is 1. The van der Waals surface area contributed by atoms with E-state index >= 15 is 0 Å². The van der Waals surface area contributed by atoms with E-state index in [2.05, 4.69) is 47.3 Å². The summed E-state index contributed by atoms with van der Waals surface area (Å²) in [6.07, 6.45) is 8.15. The number of aromatic nitrogens is 1. The summed E-state index contributed by atoms with van der Waals surface area (Å²) in [6, 6.07) is 12.9. The molecule has 1 aliphatic heterocycles. The SMILES string of the molecule is CCCOc1ccc2c(c1)CC(CN1CCC(c3c[nH]c4cc(Cl)ccc34)CC1)C2. The minimum absolute atomic E-state index is 0.648. The number of halogens is 1. The second-order valence-corrected chi connectivity index (χ2v) is 9.50. The minimum atomic E-state index is 0.648. The molecule has 1 N–H and O–H groups in total. The third-order valence-corrected chi connectivity index (χ3v) is 7.12. The highest BCUT2D eigenvalue weighted by atomic mass is 35.5. The van der Waals surface area contributed by atoms with Crippen LogP contribution in [0.2, 0.25) is 5.02 Å². The maximum atomic E-state index is 6.14. The first-order valence-corrected chi connectivity index (χ1v) is 11.8. The molecule has 2 aliphatic rings. The van der Waals surface area contributed by atoms with Crippen LogP contribution < -0.4 is 4.74 Å². The number of ether oxygens (including phenoxy) is 1. The maximum absolute atomic E-state index is 6.14. The summed E-state index contributed by atoms with van der Waals surface area (Å²) >= 11 is 6.14. The van der Waals surface area contributed by atoms with E-state index in [4.69, 9.17) is 16.3 Å². The summed E-state index contributed by atoms with van der Waals surface area (Å²) < 4.78 is 5.83. The molecule has 0 radical (unpaired) electrons. The van der Waals surface area contributed by atoms with Crippen molar-refractivity contribution in [1.29, 1.82) is 0 Å². The van der Waals surface area contributed by atoms with Crippen molar-refractivity contribution in [3.63, 3.8) is 0 Å². The molecule has 0 saturated carbocycles. The molecule has 1 atom stereocenters. The molecule has 158 valence electrons. The number of fused-ring (bicyclic) bond motifs is 2. The summed E-state index contributed by atoms with van der Waals surface area (Å²) in [7, 11) is 0. The number of likely N-dealkylation sites (tertiary alicyclic amines) is 1. The average molecular weight is 423 g/mol. The summed E-state index contributed by atoms with van der Waals surface area (Å²) in [5.41, 5.74) is 5.65. The number of piperidine rings is 1. The van der Waals surface area contributed by atoms with Gasteiger partial charge in [0, 0.05) is 28.7 Å². The van der Waals surface area contributed by atoms with Gasteiger partial charge in [0.2, 0.25) is 0 Å². The van der Waals surface area contributed by atoms with Crippen LogP contribution >= 0.6 is 11.6 Å². The molecule has 2 heterocycles. The Hall–Kier alpha value is -1.97. The predicted octanol–water partition coefficient (Wildman–Crippen LogP) is 6.20. The highest BCUT2D eigenvalue weighted by Gasteiger charge is 2.27. The summed E-state index contributed by atoms with van der Waals surface area (Å²) in [4.78, 5) is 6.10.